The van der Waals surface area contributed by atoms with Crippen molar-refractivity contribution < 1.29 is 18.7 Å². The van der Waals surface area contributed by atoms with Gasteiger partial charge in [-0.3, -0.25) is 4.79 Å². The van der Waals surface area contributed by atoms with Crippen LogP contribution in [0.2, 0.25) is 0 Å². The molecule has 166 valence electrons. The van der Waals surface area contributed by atoms with E-state index in [1.54, 1.807) is 25.1 Å². The van der Waals surface area contributed by atoms with Crippen LogP contribution in [0.25, 0.3) is 21.7 Å². The largest absolute Gasteiger partial charge is 0.497 e. The van der Waals surface area contributed by atoms with Gasteiger partial charge in [-0.05, 0) is 49.4 Å². The predicted octanol–water partition coefficient (Wildman–Crippen LogP) is 4.59. The maximum Gasteiger partial charge on any atom is 0.344 e. The zero-order valence-electron chi connectivity index (χ0n) is 18.3. The Morgan fingerprint density at radius 1 is 1.06 bits per heavy atom. The minimum absolute atomic E-state index is 0.207. The number of hydrogen-bond donors (Lipinski definition) is 0. The van der Waals surface area contributed by atoms with Crippen LogP contribution in [-0.4, -0.2) is 26.2 Å². The molecule has 0 bridgehead atoms. The third kappa shape index (κ3) is 4.37. The molecule has 0 saturated heterocycles. The molecule has 7 heteroatoms. The number of hydrogen-bond acceptors (Lipinski definition) is 6. The van der Waals surface area contributed by atoms with E-state index in [0.717, 1.165) is 10.8 Å². The molecule has 33 heavy (non-hydrogen) atoms. The van der Waals surface area contributed by atoms with Gasteiger partial charge < -0.3 is 18.8 Å². The maximum atomic E-state index is 12.9. The van der Waals surface area contributed by atoms with Gasteiger partial charge in [-0.2, -0.15) is 5.26 Å². The van der Waals surface area contributed by atoms with E-state index in [2.05, 4.69) is 6.07 Å². The molecule has 0 spiro atoms. The highest BCUT2D eigenvalue weighted by Crippen LogP contribution is 2.32. The molecule has 0 saturated carbocycles. The quantitative estimate of drug-likeness (QED) is 0.307. The van der Waals surface area contributed by atoms with Crippen molar-refractivity contribution in [3.8, 4) is 17.6 Å². The second-order valence-corrected chi connectivity index (χ2v) is 7.44. The molecule has 0 unspecified atom stereocenters. The number of carbonyl (C=O) groups is 1. The molecule has 0 aliphatic heterocycles. The van der Waals surface area contributed by atoms with E-state index >= 15 is 0 Å². The number of anilines is 1. The van der Waals surface area contributed by atoms with Crippen LogP contribution >= 0.6 is 0 Å². The summed E-state index contributed by atoms with van der Waals surface area (Å²) in [6, 6.07) is 20.0. The average molecular weight is 442 g/mol. The summed E-state index contributed by atoms with van der Waals surface area (Å²) in [7, 11) is 1.54. The Morgan fingerprint density at radius 3 is 2.55 bits per heavy atom. The van der Waals surface area contributed by atoms with Crippen LogP contribution in [0.5, 0.6) is 11.5 Å². The van der Waals surface area contributed by atoms with Gasteiger partial charge in [0.05, 0.1) is 25.0 Å². The minimum Gasteiger partial charge on any atom is -0.497 e. The molecule has 1 amide bonds. The van der Waals surface area contributed by atoms with E-state index in [1.807, 2.05) is 42.5 Å². The van der Waals surface area contributed by atoms with Crippen molar-refractivity contribution in [2.75, 3.05) is 25.2 Å². The Morgan fingerprint density at radius 2 is 1.82 bits per heavy atom. The van der Waals surface area contributed by atoms with Gasteiger partial charge >= 0.3 is 5.63 Å². The van der Waals surface area contributed by atoms with Crippen LogP contribution in [0.15, 0.2) is 69.9 Å². The summed E-state index contributed by atoms with van der Waals surface area (Å²) in [5.41, 5.74) is 1.26. The van der Waals surface area contributed by atoms with Gasteiger partial charge in [-0.25, -0.2) is 4.79 Å². The summed E-state index contributed by atoms with van der Waals surface area (Å²) in [5, 5.41) is 10.9. The minimum atomic E-state index is -0.473. The second-order valence-electron chi connectivity index (χ2n) is 7.44. The molecule has 4 aromatic rings. The van der Waals surface area contributed by atoms with E-state index in [0.29, 0.717) is 33.7 Å². The van der Waals surface area contributed by atoms with Crippen LogP contribution in [0.1, 0.15) is 12.0 Å². The van der Waals surface area contributed by atoms with Gasteiger partial charge in [-0.1, -0.05) is 18.2 Å². The van der Waals surface area contributed by atoms with Gasteiger partial charge in [-0.15, -0.1) is 0 Å². The van der Waals surface area contributed by atoms with Crippen molar-refractivity contribution in [2.24, 2.45) is 0 Å². The summed E-state index contributed by atoms with van der Waals surface area (Å²) < 4.78 is 16.6. The topological polar surface area (TPSA) is 92.8 Å². The molecular formula is C26H22N2O5. The van der Waals surface area contributed by atoms with E-state index in [1.165, 1.54) is 12.0 Å². The van der Waals surface area contributed by atoms with E-state index < -0.39 is 5.63 Å². The van der Waals surface area contributed by atoms with Crippen molar-refractivity contribution in [2.45, 2.75) is 13.3 Å². The summed E-state index contributed by atoms with van der Waals surface area (Å²) in [6.45, 7) is 1.83. The van der Waals surface area contributed by atoms with Crippen LogP contribution in [0.4, 0.5) is 5.69 Å². The molecular weight excluding hydrogens is 420 g/mol. The Hall–Kier alpha value is -4.31. The highest BCUT2D eigenvalue weighted by Gasteiger charge is 2.18. The average Bonchev–Trinajstić information content (AvgIpc) is 2.85. The predicted molar refractivity (Wildman–Crippen MR) is 126 cm³/mol. The lowest BCUT2D eigenvalue weighted by Crippen LogP contribution is -2.35. The van der Waals surface area contributed by atoms with Gasteiger partial charge in [0, 0.05) is 28.6 Å². The number of benzene rings is 3. The van der Waals surface area contributed by atoms with Crippen molar-refractivity contribution in [1.29, 1.82) is 5.26 Å². The third-order valence-electron chi connectivity index (χ3n) is 5.46. The molecule has 0 aliphatic rings. The van der Waals surface area contributed by atoms with Crippen molar-refractivity contribution >= 4 is 33.3 Å². The lowest BCUT2D eigenvalue weighted by molar-refractivity contribution is -0.120. The van der Waals surface area contributed by atoms with E-state index in [9.17, 15) is 9.59 Å². The van der Waals surface area contributed by atoms with Crippen LogP contribution in [0.3, 0.4) is 0 Å². The van der Waals surface area contributed by atoms with Crippen molar-refractivity contribution in [3.05, 3.63) is 76.6 Å². The number of carbonyl (C=O) groups excluding carboxylic acids is 1. The molecule has 4 rings (SSSR count). The number of fused-ring (bicyclic) bond motifs is 3. The van der Waals surface area contributed by atoms with Crippen molar-refractivity contribution in [3.63, 3.8) is 0 Å². The first-order chi connectivity index (χ1) is 16.0. The molecule has 0 radical (unpaired) electrons. The Bertz CT molecular complexity index is 1420. The molecule has 0 atom stereocenters. The smallest absolute Gasteiger partial charge is 0.344 e. The van der Waals surface area contributed by atoms with Gasteiger partial charge in [0.25, 0.3) is 5.91 Å². The summed E-state index contributed by atoms with van der Waals surface area (Å²) in [6.07, 6.45) is 0.207. The lowest BCUT2D eigenvalue weighted by Gasteiger charge is -2.22. The summed E-state index contributed by atoms with van der Waals surface area (Å²) in [5.74, 6) is 0.742. The van der Waals surface area contributed by atoms with Gasteiger partial charge in [0.15, 0.2) is 6.61 Å². The van der Waals surface area contributed by atoms with Gasteiger partial charge in [0.2, 0.25) is 0 Å². The number of amides is 1. The normalized spacial score (nSPS) is 10.7. The fraction of sp³-hybridized carbons (Fsp3) is 0.192. The summed E-state index contributed by atoms with van der Waals surface area (Å²) >= 11 is 0. The highest BCUT2D eigenvalue weighted by molar-refractivity contribution is 6.06. The number of ether oxygens (including phenoxy) is 2. The lowest BCUT2D eigenvalue weighted by atomic mass is 10.0. The number of nitriles is 1. The first-order valence-electron chi connectivity index (χ1n) is 10.4. The van der Waals surface area contributed by atoms with Crippen LogP contribution < -0.4 is 20.0 Å². The number of aryl methyl sites for hydroxylation is 1. The molecule has 0 N–H and O–H groups in total. The number of nitrogens with zero attached hydrogens (tertiary/aromatic N) is 2. The Balaban J connectivity index is 1.63. The zero-order chi connectivity index (χ0) is 23.4. The number of para-hydroxylation sites is 1. The highest BCUT2D eigenvalue weighted by atomic mass is 16.5. The van der Waals surface area contributed by atoms with Gasteiger partial charge in [0.1, 0.15) is 17.1 Å². The Kier molecular flexibility index (Phi) is 6.27. The second kappa shape index (κ2) is 9.45. The Labute approximate surface area is 190 Å². The molecule has 3 aromatic carbocycles. The molecule has 0 fully saturated rings. The zero-order valence-corrected chi connectivity index (χ0v) is 18.3. The number of rotatable bonds is 7. The molecule has 1 aromatic heterocycles. The monoisotopic (exact) mass is 442 g/mol. The summed E-state index contributed by atoms with van der Waals surface area (Å²) in [4.78, 5) is 27.0. The fourth-order valence-corrected chi connectivity index (χ4v) is 3.76. The first kappa shape index (κ1) is 21.9. The van der Waals surface area contributed by atoms with Crippen LogP contribution in [-0.2, 0) is 4.79 Å². The maximum absolute atomic E-state index is 12.9. The molecule has 0 aliphatic carbocycles. The molecule has 7 nitrogen and oxygen atoms in total. The van der Waals surface area contributed by atoms with E-state index in [-0.39, 0.29) is 25.5 Å². The van der Waals surface area contributed by atoms with Crippen molar-refractivity contribution in [1.82, 2.24) is 0 Å². The molecule has 1 heterocycles. The van der Waals surface area contributed by atoms with E-state index in [4.69, 9.17) is 19.2 Å². The SMILES string of the molecule is COc1ccc2c(c1)c(=O)oc1c(C)c(OCC(=O)N(CCC#N)c3ccccc3)ccc12. The number of methoxy groups -OCH3 is 1. The fourth-order valence-electron chi connectivity index (χ4n) is 3.76. The standard InChI is InChI=1S/C26H22N2O5/c1-17-23(32-16-24(29)28(14-6-13-27)18-7-4-3-5-8-18)12-11-21-20-10-9-19(31-2)15-22(20)26(30)33-25(17)21/h3-5,7-12,15H,6,14,16H2,1-2H3. The third-order valence-corrected chi connectivity index (χ3v) is 5.46. The first-order valence-corrected chi connectivity index (χ1v) is 10.4. The van der Waals surface area contributed by atoms with Crippen LogP contribution in [0, 0.1) is 18.3 Å².